The second-order valence-corrected chi connectivity index (χ2v) is 9.09. The van der Waals surface area contributed by atoms with E-state index in [1.807, 2.05) is 0 Å². The fraction of sp³-hybridized carbons (Fsp3) is 0.643. The van der Waals surface area contributed by atoms with E-state index in [4.69, 9.17) is 11.5 Å². The molecule has 2 atom stereocenters. The van der Waals surface area contributed by atoms with Crippen molar-refractivity contribution in [3.05, 3.63) is 23.7 Å². The highest BCUT2D eigenvalue weighted by atomic mass is 32.2. The highest BCUT2D eigenvalue weighted by Crippen LogP contribution is 2.55. The Hall–Kier alpha value is -1.37. The maximum atomic E-state index is 14.5. The van der Waals surface area contributed by atoms with Crippen LogP contribution in [0, 0.1) is 5.41 Å². The number of allylic oxidation sites excluding steroid dienone is 3. The van der Waals surface area contributed by atoms with Gasteiger partial charge < -0.3 is 11.5 Å². The molecule has 1 fully saturated rings. The summed E-state index contributed by atoms with van der Waals surface area (Å²) in [6.07, 6.45) is 4.05. The van der Waals surface area contributed by atoms with Crippen LogP contribution in [-0.2, 0) is 9.84 Å². The van der Waals surface area contributed by atoms with Gasteiger partial charge in [0.05, 0.1) is 16.7 Å². The lowest BCUT2D eigenvalue weighted by atomic mass is 9.67. The van der Waals surface area contributed by atoms with Gasteiger partial charge in [0.1, 0.15) is 16.4 Å². The van der Waals surface area contributed by atoms with Crippen LogP contribution < -0.4 is 11.5 Å². The highest BCUT2D eigenvalue weighted by Gasteiger charge is 2.65. The van der Waals surface area contributed by atoms with Crippen LogP contribution in [0.15, 0.2) is 28.7 Å². The first-order chi connectivity index (χ1) is 9.56. The Kier molecular flexibility index (Phi) is 2.69. The third-order valence-electron chi connectivity index (χ3n) is 5.32. The number of hydrogen-bond acceptors (Lipinski definition) is 5. The molecular formula is C14H20FN3O2S. The van der Waals surface area contributed by atoms with E-state index < -0.39 is 31.4 Å². The summed E-state index contributed by atoms with van der Waals surface area (Å²) in [5.74, 6) is -0.484. The summed E-state index contributed by atoms with van der Waals surface area (Å²) in [5.41, 5.74) is 10.0. The Bertz CT molecular complexity index is 706. The first-order valence-corrected chi connectivity index (χ1v) is 8.62. The predicted octanol–water partition coefficient (Wildman–Crippen LogP) is 1.17. The van der Waals surface area contributed by atoms with Gasteiger partial charge in [0, 0.05) is 12.1 Å². The second kappa shape index (κ2) is 3.88. The van der Waals surface area contributed by atoms with Crippen LogP contribution in [0.2, 0.25) is 0 Å². The fourth-order valence-corrected chi connectivity index (χ4v) is 5.88. The van der Waals surface area contributed by atoms with Crippen molar-refractivity contribution in [1.29, 1.82) is 0 Å². The summed E-state index contributed by atoms with van der Waals surface area (Å²) >= 11 is 0. The molecule has 4 N–H and O–H groups in total. The molecule has 5 nitrogen and oxygen atoms in total. The molecule has 3 aliphatic rings. The average Bonchev–Trinajstić information content (AvgIpc) is 3.13. The Labute approximate surface area is 123 Å². The van der Waals surface area contributed by atoms with Gasteiger partial charge >= 0.3 is 0 Å². The lowest BCUT2D eigenvalue weighted by Gasteiger charge is -2.47. The summed E-state index contributed by atoms with van der Waals surface area (Å²) < 4.78 is 38.7. The number of hydrogen-bond donors (Lipinski definition) is 2. The molecule has 3 rings (SSSR count). The van der Waals surface area contributed by atoms with Crippen molar-refractivity contribution in [2.24, 2.45) is 21.9 Å². The molecule has 0 aromatic carbocycles. The normalized spacial score (nSPS) is 40.2. The van der Waals surface area contributed by atoms with E-state index in [2.05, 4.69) is 4.99 Å². The lowest BCUT2D eigenvalue weighted by Crippen LogP contribution is -2.58. The van der Waals surface area contributed by atoms with Gasteiger partial charge in [0.15, 0.2) is 9.84 Å². The van der Waals surface area contributed by atoms with Crippen LogP contribution >= 0.6 is 0 Å². The minimum absolute atomic E-state index is 0.124. The number of aliphatic imine (C=N–C) groups is 1. The molecule has 1 spiro atoms. The fourth-order valence-electron chi connectivity index (χ4n) is 3.39. The molecule has 1 saturated carbocycles. The Morgan fingerprint density at radius 2 is 1.86 bits per heavy atom. The summed E-state index contributed by atoms with van der Waals surface area (Å²) in [7, 11) is -3.45. The third kappa shape index (κ3) is 1.73. The number of amidine groups is 1. The van der Waals surface area contributed by atoms with Crippen molar-refractivity contribution in [3.63, 3.8) is 0 Å². The van der Waals surface area contributed by atoms with Gasteiger partial charge in [-0.15, -0.1) is 0 Å². The van der Waals surface area contributed by atoms with E-state index in [-0.39, 0.29) is 18.0 Å². The van der Waals surface area contributed by atoms with Gasteiger partial charge in [-0.2, -0.15) is 0 Å². The van der Waals surface area contributed by atoms with Gasteiger partial charge in [-0.3, -0.25) is 4.99 Å². The molecule has 7 heteroatoms. The smallest absolute Gasteiger partial charge is 0.165 e. The molecule has 1 aliphatic heterocycles. The quantitative estimate of drug-likeness (QED) is 0.759. The Morgan fingerprint density at radius 3 is 2.38 bits per heavy atom. The van der Waals surface area contributed by atoms with Gasteiger partial charge in [-0.1, -0.05) is 6.92 Å². The maximum absolute atomic E-state index is 14.5. The third-order valence-corrected chi connectivity index (χ3v) is 8.07. The summed E-state index contributed by atoms with van der Waals surface area (Å²) in [6.45, 7) is 3.31. The number of halogens is 1. The highest BCUT2D eigenvalue weighted by molar-refractivity contribution is 7.94. The monoisotopic (exact) mass is 313 g/mol. The zero-order chi connectivity index (χ0) is 15.7. The van der Waals surface area contributed by atoms with E-state index in [1.165, 1.54) is 12.2 Å². The van der Waals surface area contributed by atoms with E-state index in [1.54, 1.807) is 13.8 Å². The minimum atomic E-state index is -3.45. The first kappa shape index (κ1) is 14.6. The van der Waals surface area contributed by atoms with Crippen LogP contribution in [-0.4, -0.2) is 30.3 Å². The topological polar surface area (TPSA) is 98.5 Å². The summed E-state index contributed by atoms with van der Waals surface area (Å²) in [5, 5.41) is 0. The molecule has 0 radical (unpaired) electrons. The first-order valence-electron chi connectivity index (χ1n) is 6.97. The molecule has 0 amide bonds. The molecule has 2 aliphatic carbocycles. The van der Waals surface area contributed by atoms with Gasteiger partial charge in [-0.25, -0.2) is 12.8 Å². The molecular weight excluding hydrogens is 293 g/mol. The van der Waals surface area contributed by atoms with E-state index >= 15 is 0 Å². The standard InChI is InChI=1S/C14H20FN3O2S/c1-12(7-9(16)3-4-10(12)15)13(2)8-21(19,20)14(5-6-14)11(17)18-13/h3-4H,5-8,16H2,1-2H3,(H2,17,18)/t12?,13-/m0/s1. The number of sulfone groups is 1. The molecule has 116 valence electrons. The summed E-state index contributed by atoms with van der Waals surface area (Å²) in [4.78, 5) is 4.46. The summed E-state index contributed by atoms with van der Waals surface area (Å²) in [6, 6.07) is 0. The molecule has 0 saturated heterocycles. The zero-order valence-electron chi connectivity index (χ0n) is 12.2. The van der Waals surface area contributed by atoms with Crippen molar-refractivity contribution in [1.82, 2.24) is 0 Å². The molecule has 1 unspecified atom stereocenters. The molecule has 0 aromatic rings. The van der Waals surface area contributed by atoms with Gasteiger partial charge in [-0.05, 0) is 31.9 Å². The number of nitrogens with two attached hydrogens (primary N) is 2. The maximum Gasteiger partial charge on any atom is 0.165 e. The molecule has 21 heavy (non-hydrogen) atoms. The minimum Gasteiger partial charge on any atom is -0.402 e. The van der Waals surface area contributed by atoms with Crippen molar-refractivity contribution < 1.29 is 12.8 Å². The Balaban J connectivity index is 2.13. The van der Waals surface area contributed by atoms with Crippen LogP contribution in [0.3, 0.4) is 0 Å². The molecule has 0 aromatic heterocycles. The lowest BCUT2D eigenvalue weighted by molar-refractivity contribution is 0.182. The van der Waals surface area contributed by atoms with Crippen LogP contribution in [0.25, 0.3) is 0 Å². The zero-order valence-corrected chi connectivity index (χ0v) is 13.0. The van der Waals surface area contributed by atoms with Crippen molar-refractivity contribution in [3.8, 4) is 0 Å². The predicted molar refractivity (Wildman–Crippen MR) is 80.0 cm³/mol. The molecule has 0 bridgehead atoms. The van der Waals surface area contributed by atoms with Crippen molar-refractivity contribution >= 4 is 15.7 Å². The van der Waals surface area contributed by atoms with Crippen LogP contribution in [0.4, 0.5) is 4.39 Å². The molecule has 1 heterocycles. The average molecular weight is 313 g/mol. The van der Waals surface area contributed by atoms with E-state index in [9.17, 15) is 12.8 Å². The van der Waals surface area contributed by atoms with E-state index in [0.717, 1.165) is 0 Å². The van der Waals surface area contributed by atoms with E-state index in [0.29, 0.717) is 18.5 Å². The second-order valence-electron chi connectivity index (χ2n) is 6.79. The van der Waals surface area contributed by atoms with Crippen LogP contribution in [0.5, 0.6) is 0 Å². The van der Waals surface area contributed by atoms with Crippen molar-refractivity contribution in [2.45, 2.75) is 43.4 Å². The SMILES string of the molecule is CC1([C@]2(C)CS(=O)(=O)C3(CC3)C(N)=N2)CC(N)=CC=C1F. The number of nitrogens with zero attached hydrogens (tertiary/aromatic N) is 1. The van der Waals surface area contributed by atoms with Gasteiger partial charge in [0.25, 0.3) is 0 Å². The largest absolute Gasteiger partial charge is 0.402 e. The van der Waals surface area contributed by atoms with Crippen LogP contribution in [0.1, 0.15) is 33.1 Å². The number of rotatable bonds is 1. The van der Waals surface area contributed by atoms with Gasteiger partial charge in [0.2, 0.25) is 0 Å². The van der Waals surface area contributed by atoms with Crippen molar-refractivity contribution in [2.75, 3.05) is 5.75 Å². The Morgan fingerprint density at radius 1 is 1.24 bits per heavy atom.